The molecule has 2 heterocycles. The highest BCUT2D eigenvalue weighted by Gasteiger charge is 2.66. The van der Waals surface area contributed by atoms with Gasteiger partial charge in [0, 0.05) is 5.38 Å². The molecule has 0 bridgehead atoms. The number of rotatable bonds is 1. The van der Waals surface area contributed by atoms with E-state index in [1.54, 1.807) is 0 Å². The van der Waals surface area contributed by atoms with Gasteiger partial charge in [-0.3, -0.25) is 9.05 Å². The highest BCUT2D eigenvalue weighted by molar-refractivity contribution is 7.47. The number of aliphatic hydroxyl groups excluding tert-OH is 1. The van der Waals surface area contributed by atoms with Gasteiger partial charge in [-0.1, -0.05) is 0 Å². The van der Waals surface area contributed by atoms with Crippen molar-refractivity contribution in [1.29, 1.82) is 0 Å². The molecule has 0 aliphatic carbocycles. The first-order valence-electron chi connectivity index (χ1n) is 4.76. The van der Waals surface area contributed by atoms with Crippen molar-refractivity contribution in [2.75, 3.05) is 0 Å². The quantitative estimate of drug-likeness (QED) is 0.390. The van der Waals surface area contributed by atoms with Gasteiger partial charge in [-0.25, -0.2) is 4.57 Å². The second kappa shape index (κ2) is 4.25. The van der Waals surface area contributed by atoms with Gasteiger partial charge < -0.3 is 14.7 Å². The van der Waals surface area contributed by atoms with Crippen LogP contribution in [0.25, 0.3) is 0 Å². The van der Waals surface area contributed by atoms with Gasteiger partial charge in [0.15, 0.2) is 5.60 Å². The molecule has 2 fully saturated rings. The molecule has 0 spiro atoms. The van der Waals surface area contributed by atoms with E-state index in [4.69, 9.17) is 33.2 Å². The minimum absolute atomic E-state index is 0.912. The molecule has 0 aromatic rings. The number of fused-ring (bicyclic) bond motifs is 1. The Kier molecular flexibility index (Phi) is 3.35. The predicted octanol–water partition coefficient (Wildman–Crippen LogP) is -0.285. The highest BCUT2D eigenvalue weighted by atomic mass is 35.5. The topological polar surface area (TPSA) is 85.2 Å². The lowest BCUT2D eigenvalue weighted by molar-refractivity contribution is -0.0415. The molecule has 17 heavy (non-hydrogen) atoms. The van der Waals surface area contributed by atoms with Crippen LogP contribution in [0, 0.1) is 11.3 Å². The molecule has 2 aliphatic rings. The van der Waals surface area contributed by atoms with E-state index in [1.807, 2.05) is 5.38 Å². The molecule has 2 saturated heterocycles. The van der Waals surface area contributed by atoms with Gasteiger partial charge in [0.2, 0.25) is 0 Å². The van der Waals surface area contributed by atoms with E-state index in [0.717, 1.165) is 0 Å². The molecule has 2 N–H and O–H groups in total. The molecule has 2 aliphatic heterocycles. The fourth-order valence-electron chi connectivity index (χ4n) is 1.95. The molecule has 9 heteroatoms. The summed E-state index contributed by atoms with van der Waals surface area (Å²) in [5.41, 5.74) is -1.63. The van der Waals surface area contributed by atoms with E-state index in [0.29, 0.717) is 0 Å². The van der Waals surface area contributed by atoms with Gasteiger partial charge in [0.1, 0.15) is 20.1 Å². The molecule has 2 rings (SSSR count). The van der Waals surface area contributed by atoms with Crippen LogP contribution in [0.3, 0.4) is 0 Å². The van der Waals surface area contributed by atoms with Gasteiger partial charge in [0.05, 0.1) is 12.1 Å². The summed E-state index contributed by atoms with van der Waals surface area (Å²) in [7, 11) is 1.40. The monoisotopic (exact) mass is 278 g/mol. The van der Waals surface area contributed by atoms with Gasteiger partial charge in [-0.15, -0.1) is 0 Å². The number of phosphoric acid groups is 1. The van der Waals surface area contributed by atoms with E-state index in [-0.39, 0.29) is 0 Å². The first-order chi connectivity index (χ1) is 7.82. The summed E-state index contributed by atoms with van der Waals surface area (Å²) in [6.07, 6.45) is -2.95. The van der Waals surface area contributed by atoms with Crippen LogP contribution in [-0.2, 0) is 18.3 Å². The van der Waals surface area contributed by atoms with Crippen molar-refractivity contribution in [3.05, 3.63) is 0 Å². The Morgan fingerprint density at radius 1 is 1.65 bits per heavy atom. The SMILES string of the molecule is [B]C1O[C@H](C(C)O)C2OP(=O)(O)OC12C#CCl. The van der Waals surface area contributed by atoms with Crippen LogP contribution in [0.5, 0.6) is 0 Å². The van der Waals surface area contributed by atoms with Crippen molar-refractivity contribution in [2.45, 2.75) is 36.8 Å². The van der Waals surface area contributed by atoms with E-state index in [9.17, 15) is 14.6 Å². The number of hydrogen-bond acceptors (Lipinski definition) is 5. The van der Waals surface area contributed by atoms with Gasteiger partial charge in [-0.2, -0.15) is 0 Å². The second-order valence-corrected chi connectivity index (χ2v) is 5.38. The minimum atomic E-state index is -4.26. The molecule has 6 atom stereocenters. The maximum absolute atomic E-state index is 11.4. The van der Waals surface area contributed by atoms with Crippen molar-refractivity contribution in [3.8, 4) is 11.3 Å². The van der Waals surface area contributed by atoms with Crippen LogP contribution in [0.4, 0.5) is 0 Å². The number of halogens is 1. The van der Waals surface area contributed by atoms with E-state index >= 15 is 0 Å². The summed E-state index contributed by atoms with van der Waals surface area (Å²) in [6.45, 7) is 1.44. The average Bonchev–Trinajstić information content (AvgIpc) is 2.58. The summed E-state index contributed by atoms with van der Waals surface area (Å²) in [5.74, 6) is 2.39. The molecule has 6 nitrogen and oxygen atoms in total. The van der Waals surface area contributed by atoms with Crippen LogP contribution in [0.15, 0.2) is 0 Å². The fourth-order valence-corrected chi connectivity index (χ4v) is 3.34. The summed E-state index contributed by atoms with van der Waals surface area (Å²) in [6, 6.07) is -1.14. The molecule has 92 valence electrons. The molecule has 0 saturated carbocycles. The minimum Gasteiger partial charge on any atom is -0.391 e. The van der Waals surface area contributed by atoms with E-state index in [1.165, 1.54) is 6.92 Å². The van der Waals surface area contributed by atoms with Crippen LogP contribution >= 0.6 is 19.4 Å². The Morgan fingerprint density at radius 3 is 2.82 bits per heavy atom. The molecule has 5 unspecified atom stereocenters. The number of phosphoric ester groups is 1. The van der Waals surface area contributed by atoms with Crippen LogP contribution in [0.1, 0.15) is 6.92 Å². The Labute approximate surface area is 104 Å². The van der Waals surface area contributed by atoms with Crippen LogP contribution < -0.4 is 0 Å². The highest BCUT2D eigenvalue weighted by Crippen LogP contribution is 2.61. The zero-order chi connectivity index (χ0) is 12.8. The first kappa shape index (κ1) is 13.4. The lowest BCUT2D eigenvalue weighted by Crippen LogP contribution is -2.46. The number of hydrogen-bond donors (Lipinski definition) is 2. The molecular weight excluding hydrogens is 269 g/mol. The predicted molar refractivity (Wildman–Crippen MR) is 58.2 cm³/mol. The molecule has 0 aromatic heterocycles. The third-order valence-electron chi connectivity index (χ3n) is 2.68. The second-order valence-electron chi connectivity index (χ2n) is 3.86. The molecule has 0 aromatic carbocycles. The number of ether oxygens (including phenoxy) is 1. The van der Waals surface area contributed by atoms with Crippen LogP contribution in [0.2, 0.25) is 0 Å². The van der Waals surface area contributed by atoms with E-state index in [2.05, 4.69) is 5.92 Å². The van der Waals surface area contributed by atoms with Crippen LogP contribution in [-0.4, -0.2) is 47.8 Å². The fraction of sp³-hybridized carbons (Fsp3) is 0.750. The third kappa shape index (κ3) is 2.04. The zero-order valence-corrected chi connectivity index (χ0v) is 10.4. The Morgan fingerprint density at radius 2 is 2.29 bits per heavy atom. The smallest absolute Gasteiger partial charge is 0.391 e. The third-order valence-corrected chi connectivity index (χ3v) is 3.80. The number of aliphatic hydroxyl groups is 1. The summed E-state index contributed by atoms with van der Waals surface area (Å²) < 4.78 is 26.4. The lowest BCUT2D eigenvalue weighted by atomic mass is 9.80. The Bertz CT molecular complexity index is 433. The normalized spacial score (nSPS) is 50.5. The van der Waals surface area contributed by atoms with Crippen molar-refractivity contribution in [1.82, 2.24) is 0 Å². The summed E-state index contributed by atoms with van der Waals surface area (Å²) in [5, 5.41) is 11.5. The van der Waals surface area contributed by atoms with Gasteiger partial charge in [-0.05, 0) is 24.4 Å². The van der Waals surface area contributed by atoms with E-state index < -0.39 is 37.7 Å². The average molecular weight is 278 g/mol. The van der Waals surface area contributed by atoms with Gasteiger partial charge in [0.25, 0.3) is 0 Å². The Hall–Kier alpha value is -0.0551. The zero-order valence-electron chi connectivity index (χ0n) is 8.74. The maximum Gasteiger partial charge on any atom is 0.474 e. The Balaban J connectivity index is 2.43. The van der Waals surface area contributed by atoms with Crippen molar-refractivity contribution >= 4 is 27.3 Å². The van der Waals surface area contributed by atoms with Crippen molar-refractivity contribution in [3.63, 3.8) is 0 Å². The molecule has 0 amide bonds. The van der Waals surface area contributed by atoms with Crippen molar-refractivity contribution < 1.29 is 28.3 Å². The summed E-state index contributed by atoms with van der Waals surface area (Å²) >= 11 is 5.29. The van der Waals surface area contributed by atoms with Crippen molar-refractivity contribution in [2.24, 2.45) is 0 Å². The summed E-state index contributed by atoms with van der Waals surface area (Å²) in [4.78, 5) is 9.32. The molecule has 2 radical (unpaired) electrons. The molecular formula is C8H9BClO6P. The largest absolute Gasteiger partial charge is 0.474 e. The maximum atomic E-state index is 11.4. The van der Waals surface area contributed by atoms with Gasteiger partial charge >= 0.3 is 7.82 Å². The standard InChI is InChI=1S/C8H9BClO6P/c1-4(11)5-6-8(2-3-10,7(9)14-5)16-17(12,13)15-6/h4-7,11H,1H3,(H,12,13)/t4?,5-,6?,7?,8?/m1/s1. The lowest BCUT2D eigenvalue weighted by Gasteiger charge is -2.22. The first-order valence-corrected chi connectivity index (χ1v) is 6.63.